The number of fused-ring (bicyclic) bond motifs is 10. The van der Waals surface area contributed by atoms with E-state index in [4.69, 9.17) is 24.9 Å². The third-order valence-electron chi connectivity index (χ3n) is 8.48. The summed E-state index contributed by atoms with van der Waals surface area (Å²) in [6.07, 6.45) is 0. The summed E-state index contributed by atoms with van der Waals surface area (Å²) in [5, 5.41) is 2.30. The van der Waals surface area contributed by atoms with Crippen LogP contribution in [0.3, 0.4) is 0 Å². The van der Waals surface area contributed by atoms with Gasteiger partial charge in [0.05, 0.1) is 22.8 Å². The van der Waals surface area contributed by atoms with Crippen molar-refractivity contribution in [2.75, 3.05) is 0 Å². The minimum atomic E-state index is -0.0613. The Bertz CT molecular complexity index is 2220. The van der Waals surface area contributed by atoms with Crippen LogP contribution in [-0.2, 0) is 31.9 Å². The summed E-state index contributed by atoms with van der Waals surface area (Å²) in [6, 6.07) is 27.6. The predicted octanol–water partition coefficient (Wildman–Crippen LogP) is 8.82. The molecule has 0 aliphatic carbocycles. The second-order valence-corrected chi connectivity index (χ2v) is 13.5. The molecule has 1 aliphatic rings. The number of hydrogen-bond acceptors (Lipinski definition) is 3. The molecule has 0 N–H and O–H groups in total. The smallest absolute Gasteiger partial charge is 0.656 e. The fraction of sp³-hybridized carbons (Fsp3) is 0.216. The molecule has 0 atom stereocenters. The van der Waals surface area contributed by atoms with E-state index in [0.717, 1.165) is 72.3 Å². The van der Waals surface area contributed by atoms with Crippen molar-refractivity contribution in [1.82, 2.24) is 24.9 Å². The van der Waals surface area contributed by atoms with E-state index >= 15 is 0 Å². The molecular formula is C37H31N5Pt. The molecule has 0 amide bonds. The van der Waals surface area contributed by atoms with Gasteiger partial charge in [-0.15, -0.1) is 11.0 Å². The average molecular weight is 741 g/mol. The monoisotopic (exact) mass is 740 g/mol. The van der Waals surface area contributed by atoms with Crippen LogP contribution >= 0.6 is 0 Å². The standard InChI is InChI=1S/C37H31N5.Pt/c1-36(2,3)20-16-23-24-17-21(37(4,5)6)19-26-29-13-9-15-31(39-29)35-40-30-14-7-10-22(34(30)42-35)27-11-8-12-28(38-27)25(18-20)32(23)41-33(24)26;/h7-19H,1-6H3;/q-2;+2. The van der Waals surface area contributed by atoms with Crippen molar-refractivity contribution in [2.24, 2.45) is 0 Å². The molecule has 0 radical (unpaired) electrons. The molecule has 5 heterocycles. The van der Waals surface area contributed by atoms with Crippen molar-refractivity contribution < 1.29 is 21.1 Å². The van der Waals surface area contributed by atoms with Gasteiger partial charge in [0, 0.05) is 5.56 Å². The first-order valence-corrected chi connectivity index (χ1v) is 14.5. The van der Waals surface area contributed by atoms with Gasteiger partial charge in [0.1, 0.15) is 0 Å². The van der Waals surface area contributed by atoms with Crippen LogP contribution in [-0.4, -0.2) is 15.0 Å². The molecule has 214 valence electrons. The molecule has 43 heavy (non-hydrogen) atoms. The Kier molecular flexibility index (Phi) is 6.10. The zero-order valence-corrected chi connectivity index (χ0v) is 27.3. The van der Waals surface area contributed by atoms with Crippen molar-refractivity contribution in [2.45, 2.75) is 52.4 Å². The number of nitrogens with zero attached hydrogens (tertiary/aromatic N) is 5. The van der Waals surface area contributed by atoms with Crippen LogP contribution in [0, 0.1) is 0 Å². The minimum Gasteiger partial charge on any atom is -0.656 e. The van der Waals surface area contributed by atoms with Crippen molar-refractivity contribution in [3.05, 3.63) is 90.0 Å². The van der Waals surface area contributed by atoms with E-state index in [0.29, 0.717) is 5.82 Å². The second kappa shape index (κ2) is 9.46. The van der Waals surface area contributed by atoms with Crippen LogP contribution in [0.25, 0.3) is 78.1 Å². The summed E-state index contributed by atoms with van der Waals surface area (Å²) < 4.78 is 0. The predicted molar refractivity (Wildman–Crippen MR) is 172 cm³/mol. The number of para-hydroxylation sites is 1. The van der Waals surface area contributed by atoms with Gasteiger partial charge in [0.25, 0.3) is 0 Å². The Balaban J connectivity index is 0.00000300. The van der Waals surface area contributed by atoms with Gasteiger partial charge in [-0.3, -0.25) is 0 Å². The van der Waals surface area contributed by atoms with E-state index < -0.39 is 0 Å². The zero-order valence-electron chi connectivity index (χ0n) is 25.1. The largest absolute Gasteiger partial charge is 2.00 e. The maximum absolute atomic E-state index is 5.38. The summed E-state index contributed by atoms with van der Waals surface area (Å²) in [4.78, 5) is 25.7. The molecule has 1 aliphatic heterocycles. The van der Waals surface area contributed by atoms with Crippen molar-refractivity contribution in [3.63, 3.8) is 0 Å². The van der Waals surface area contributed by atoms with Crippen LogP contribution in [0.2, 0.25) is 0 Å². The van der Waals surface area contributed by atoms with E-state index in [1.165, 1.54) is 11.1 Å². The Morgan fingerprint density at radius 2 is 0.977 bits per heavy atom. The van der Waals surface area contributed by atoms with Crippen molar-refractivity contribution >= 4 is 32.8 Å². The summed E-state index contributed by atoms with van der Waals surface area (Å²) in [7, 11) is 0. The summed E-state index contributed by atoms with van der Waals surface area (Å²) >= 11 is 0. The number of hydrogen-bond donors (Lipinski definition) is 0. The number of pyridine rings is 2. The molecule has 0 saturated carbocycles. The first-order chi connectivity index (χ1) is 20.0. The van der Waals surface area contributed by atoms with Gasteiger partial charge in [0.2, 0.25) is 0 Å². The van der Waals surface area contributed by atoms with Crippen molar-refractivity contribution in [1.29, 1.82) is 0 Å². The first-order valence-electron chi connectivity index (χ1n) is 14.5. The Labute approximate surface area is 265 Å². The molecular weight excluding hydrogens is 710 g/mol. The van der Waals surface area contributed by atoms with Crippen LogP contribution < -0.4 is 9.97 Å². The van der Waals surface area contributed by atoms with Gasteiger partial charge in [0.15, 0.2) is 0 Å². The van der Waals surface area contributed by atoms with Gasteiger partial charge in [-0.2, -0.15) is 0 Å². The first kappa shape index (κ1) is 27.7. The van der Waals surface area contributed by atoms with E-state index in [2.05, 4.69) is 96.1 Å². The molecule has 5 nitrogen and oxygen atoms in total. The fourth-order valence-electron chi connectivity index (χ4n) is 6.04. The number of imidazole rings is 1. The maximum Gasteiger partial charge on any atom is 2.00 e. The van der Waals surface area contributed by atoms with Crippen LogP contribution in [0.5, 0.6) is 0 Å². The quantitative estimate of drug-likeness (QED) is 0.156. The molecule has 8 bridgehead atoms. The van der Waals surface area contributed by atoms with Gasteiger partial charge in [-0.25, -0.2) is 9.97 Å². The van der Waals surface area contributed by atoms with Crippen LogP contribution in [0.4, 0.5) is 0 Å². The number of benzene rings is 3. The molecule has 0 spiro atoms. The summed E-state index contributed by atoms with van der Waals surface area (Å²) in [5.41, 5.74) is 12.4. The Morgan fingerprint density at radius 3 is 1.53 bits per heavy atom. The summed E-state index contributed by atoms with van der Waals surface area (Å²) in [6.45, 7) is 13.6. The third kappa shape index (κ3) is 4.36. The summed E-state index contributed by atoms with van der Waals surface area (Å²) in [5.74, 6) is 0.616. The van der Waals surface area contributed by atoms with E-state index in [9.17, 15) is 0 Å². The van der Waals surface area contributed by atoms with Gasteiger partial charge in [-0.1, -0.05) is 96.1 Å². The SMILES string of the molecule is CC(C)(C)c1cc2c3[n-]c4c(cc(C(C)(C)C)cc4c3c1)-c1cccc(n1)-c1cccc3nc([n-]c13)-c1cccc-2n1.[Pt+2]. The van der Waals surface area contributed by atoms with Crippen LogP contribution in [0.1, 0.15) is 52.7 Å². The molecule has 3 aromatic carbocycles. The van der Waals surface area contributed by atoms with Crippen LogP contribution in [0.15, 0.2) is 78.9 Å². The van der Waals surface area contributed by atoms with Crippen molar-refractivity contribution in [3.8, 4) is 45.3 Å². The van der Waals surface area contributed by atoms with E-state index in [-0.39, 0.29) is 31.9 Å². The normalized spacial score (nSPS) is 12.7. The topological polar surface area (TPSA) is 66.9 Å². The maximum atomic E-state index is 5.38. The van der Waals surface area contributed by atoms with Gasteiger partial charge in [-0.05, 0) is 85.0 Å². The molecule has 4 aromatic heterocycles. The second-order valence-electron chi connectivity index (χ2n) is 13.5. The molecule has 8 rings (SSSR count). The molecule has 0 saturated heterocycles. The third-order valence-corrected chi connectivity index (χ3v) is 8.48. The molecule has 0 fully saturated rings. The Hall–Kier alpha value is -4.08. The van der Waals surface area contributed by atoms with Gasteiger partial charge < -0.3 is 15.0 Å². The van der Waals surface area contributed by atoms with E-state index in [1.54, 1.807) is 0 Å². The number of aromatic nitrogens is 5. The zero-order chi connectivity index (χ0) is 29.0. The molecule has 0 unspecified atom stereocenters. The molecule has 6 heteroatoms. The van der Waals surface area contributed by atoms with Gasteiger partial charge >= 0.3 is 21.1 Å². The molecule has 7 aromatic rings. The average Bonchev–Trinajstić information content (AvgIpc) is 3.57. The minimum absolute atomic E-state index is 0. The Morgan fingerprint density at radius 1 is 0.488 bits per heavy atom. The van der Waals surface area contributed by atoms with E-state index in [1.807, 2.05) is 24.3 Å². The fourth-order valence-corrected chi connectivity index (χ4v) is 6.04. The number of rotatable bonds is 0.